The van der Waals surface area contributed by atoms with E-state index in [0.29, 0.717) is 5.39 Å². The second kappa shape index (κ2) is 8.67. The maximum Gasteiger partial charge on any atom is 0.242 e. The summed E-state index contributed by atoms with van der Waals surface area (Å²) in [7, 11) is -3.66. The number of nitrogens with one attached hydrogen (secondary N) is 1. The molecule has 1 aromatic heterocycles. The van der Waals surface area contributed by atoms with Gasteiger partial charge in [-0.25, -0.2) is 8.42 Å². The van der Waals surface area contributed by atoms with E-state index in [9.17, 15) is 8.42 Å². The molecule has 2 aliphatic rings. The van der Waals surface area contributed by atoms with Gasteiger partial charge in [-0.3, -0.25) is 14.8 Å². The van der Waals surface area contributed by atoms with E-state index in [0.717, 1.165) is 49.6 Å². The van der Waals surface area contributed by atoms with Gasteiger partial charge in [0.15, 0.2) is 11.5 Å². The molecule has 0 bridgehead atoms. The van der Waals surface area contributed by atoms with Crippen LogP contribution in [0.15, 0.2) is 59.8 Å². The number of hydrogen-bond acceptors (Lipinski definition) is 7. The Bertz CT molecular complexity index is 1220. The number of sulfonamides is 1. The molecule has 0 aliphatic carbocycles. The van der Waals surface area contributed by atoms with Crippen molar-refractivity contribution < 1.29 is 17.9 Å². The van der Waals surface area contributed by atoms with E-state index in [2.05, 4.69) is 25.6 Å². The Hall–Kier alpha value is -2.72. The number of nitrogens with zero attached hydrogens (tertiary/aromatic N) is 3. The minimum atomic E-state index is -3.66. The first kappa shape index (κ1) is 21.1. The van der Waals surface area contributed by atoms with Gasteiger partial charge in [0.2, 0.25) is 16.8 Å². The number of ether oxygens (including phenoxy) is 2. The summed E-state index contributed by atoms with van der Waals surface area (Å²) in [5, 5.41) is 1.48. The number of piperazine rings is 1. The van der Waals surface area contributed by atoms with E-state index in [-0.39, 0.29) is 17.9 Å². The summed E-state index contributed by atoms with van der Waals surface area (Å²) in [5.74, 6) is 1.59. The molecule has 3 aromatic rings. The van der Waals surface area contributed by atoms with Gasteiger partial charge >= 0.3 is 0 Å². The normalized spacial score (nSPS) is 18.2. The number of rotatable bonds is 6. The zero-order valence-corrected chi connectivity index (χ0v) is 18.7. The molecule has 1 unspecified atom stereocenters. The molecular weight excluding hydrogens is 428 g/mol. The summed E-state index contributed by atoms with van der Waals surface area (Å²) in [6, 6.07) is 13.0. The average molecular weight is 455 g/mol. The van der Waals surface area contributed by atoms with Gasteiger partial charge in [0, 0.05) is 55.9 Å². The zero-order valence-electron chi connectivity index (χ0n) is 17.9. The summed E-state index contributed by atoms with van der Waals surface area (Å²) in [6.45, 7) is 6.30. The van der Waals surface area contributed by atoms with Crippen molar-refractivity contribution in [2.45, 2.75) is 24.5 Å². The van der Waals surface area contributed by atoms with E-state index in [1.165, 1.54) is 5.56 Å². The number of hydrogen-bond donors (Lipinski definition) is 1. The van der Waals surface area contributed by atoms with Crippen LogP contribution in [0, 0.1) is 0 Å². The highest BCUT2D eigenvalue weighted by Crippen LogP contribution is 2.33. The molecular formula is C23H26N4O4S. The maximum absolute atomic E-state index is 13.1. The molecule has 0 saturated carbocycles. The van der Waals surface area contributed by atoms with Gasteiger partial charge in [0.25, 0.3) is 0 Å². The summed E-state index contributed by atoms with van der Waals surface area (Å²) in [6.07, 6.45) is 2.99. The van der Waals surface area contributed by atoms with E-state index >= 15 is 0 Å². The molecule has 3 heterocycles. The first-order valence-electron chi connectivity index (χ1n) is 10.7. The molecule has 1 atom stereocenters. The summed E-state index contributed by atoms with van der Waals surface area (Å²) >= 11 is 0. The van der Waals surface area contributed by atoms with Crippen LogP contribution in [0.5, 0.6) is 11.5 Å². The molecule has 8 nitrogen and oxygen atoms in total. The van der Waals surface area contributed by atoms with Crippen molar-refractivity contribution in [3.8, 4) is 11.5 Å². The van der Waals surface area contributed by atoms with Gasteiger partial charge in [-0.2, -0.15) is 4.72 Å². The minimum Gasteiger partial charge on any atom is -0.454 e. The molecule has 1 N–H and O–H groups in total. The third kappa shape index (κ3) is 4.29. The standard InChI is InChI=1S/C23H26N4O4S/c1-17(25-32(28,29)23-4-2-3-19-14-24-8-7-20(19)23)27-11-9-26(10-12-27)15-18-5-6-21-22(13-18)31-16-30-21/h2-8,13-14,17,25H,9-12,15-16H2,1H3. The Morgan fingerprint density at radius 3 is 2.72 bits per heavy atom. The van der Waals surface area contributed by atoms with Gasteiger partial charge in [0.05, 0.1) is 11.1 Å². The lowest BCUT2D eigenvalue weighted by Gasteiger charge is -2.38. The zero-order chi connectivity index (χ0) is 22.1. The van der Waals surface area contributed by atoms with Crippen LogP contribution in [0.1, 0.15) is 12.5 Å². The molecule has 5 rings (SSSR count). The molecule has 1 saturated heterocycles. The van der Waals surface area contributed by atoms with Gasteiger partial charge in [-0.05, 0) is 36.8 Å². The van der Waals surface area contributed by atoms with Crippen molar-refractivity contribution in [3.63, 3.8) is 0 Å². The van der Waals surface area contributed by atoms with Crippen molar-refractivity contribution in [2.24, 2.45) is 0 Å². The number of fused-ring (bicyclic) bond motifs is 2. The predicted octanol–water partition coefficient (Wildman–Crippen LogP) is 2.41. The minimum absolute atomic E-state index is 0.279. The van der Waals surface area contributed by atoms with E-state index in [1.807, 2.05) is 25.1 Å². The van der Waals surface area contributed by atoms with Crippen LogP contribution >= 0.6 is 0 Å². The third-order valence-electron chi connectivity index (χ3n) is 6.05. The summed E-state index contributed by atoms with van der Waals surface area (Å²) < 4.78 is 39.9. The first-order valence-corrected chi connectivity index (χ1v) is 12.2. The Kier molecular flexibility index (Phi) is 5.73. The molecule has 1 fully saturated rings. The van der Waals surface area contributed by atoms with Crippen LogP contribution < -0.4 is 14.2 Å². The lowest BCUT2D eigenvalue weighted by molar-refractivity contribution is 0.0938. The van der Waals surface area contributed by atoms with Gasteiger partial charge in [-0.1, -0.05) is 18.2 Å². The highest BCUT2D eigenvalue weighted by Gasteiger charge is 2.26. The van der Waals surface area contributed by atoms with E-state index < -0.39 is 10.0 Å². The topological polar surface area (TPSA) is 84.0 Å². The van der Waals surface area contributed by atoms with Crippen LogP contribution in [-0.4, -0.2) is 62.3 Å². The van der Waals surface area contributed by atoms with Crippen molar-refractivity contribution in [3.05, 3.63) is 60.4 Å². The van der Waals surface area contributed by atoms with Gasteiger partial charge < -0.3 is 9.47 Å². The molecule has 0 spiro atoms. The van der Waals surface area contributed by atoms with Crippen LogP contribution in [0.2, 0.25) is 0 Å². The number of benzene rings is 2. The smallest absolute Gasteiger partial charge is 0.242 e. The molecule has 2 aromatic carbocycles. The van der Waals surface area contributed by atoms with Crippen LogP contribution in [0.3, 0.4) is 0 Å². The Balaban J connectivity index is 1.20. The fourth-order valence-corrected chi connectivity index (χ4v) is 5.75. The third-order valence-corrected chi connectivity index (χ3v) is 7.64. The summed E-state index contributed by atoms with van der Waals surface area (Å²) in [5.41, 5.74) is 1.18. The highest BCUT2D eigenvalue weighted by atomic mass is 32.2. The average Bonchev–Trinajstić information content (AvgIpc) is 3.27. The van der Waals surface area contributed by atoms with E-state index in [1.54, 1.807) is 30.6 Å². The van der Waals surface area contributed by atoms with Crippen molar-refractivity contribution in [1.82, 2.24) is 19.5 Å². The highest BCUT2D eigenvalue weighted by molar-refractivity contribution is 7.89. The molecule has 2 aliphatic heterocycles. The quantitative estimate of drug-likeness (QED) is 0.612. The van der Waals surface area contributed by atoms with Gasteiger partial charge in [-0.15, -0.1) is 0 Å². The first-order chi connectivity index (χ1) is 15.5. The second-order valence-corrected chi connectivity index (χ2v) is 9.83. The Labute approximate surface area is 187 Å². The van der Waals surface area contributed by atoms with Crippen molar-refractivity contribution in [1.29, 1.82) is 0 Å². The lowest BCUT2D eigenvalue weighted by atomic mass is 10.1. The summed E-state index contributed by atoms with van der Waals surface area (Å²) in [4.78, 5) is 8.90. The largest absolute Gasteiger partial charge is 0.454 e. The van der Waals surface area contributed by atoms with Crippen LogP contribution in [0.4, 0.5) is 0 Å². The second-order valence-electron chi connectivity index (χ2n) is 8.15. The fourth-order valence-electron chi connectivity index (χ4n) is 4.30. The van der Waals surface area contributed by atoms with Crippen molar-refractivity contribution in [2.75, 3.05) is 33.0 Å². The Morgan fingerprint density at radius 1 is 1.06 bits per heavy atom. The molecule has 0 amide bonds. The molecule has 32 heavy (non-hydrogen) atoms. The Morgan fingerprint density at radius 2 is 1.88 bits per heavy atom. The van der Waals surface area contributed by atoms with E-state index in [4.69, 9.17) is 9.47 Å². The molecule has 168 valence electrons. The van der Waals surface area contributed by atoms with Gasteiger partial charge in [0.1, 0.15) is 0 Å². The van der Waals surface area contributed by atoms with Crippen molar-refractivity contribution >= 4 is 20.8 Å². The SMILES string of the molecule is CC(NS(=O)(=O)c1cccc2cnccc12)N1CCN(Cc2ccc3c(c2)OCO3)CC1. The van der Waals surface area contributed by atoms with Crippen LogP contribution in [0.25, 0.3) is 10.8 Å². The monoisotopic (exact) mass is 454 g/mol. The predicted molar refractivity (Wildman–Crippen MR) is 121 cm³/mol. The molecule has 0 radical (unpaired) electrons. The number of aromatic nitrogens is 1. The fraction of sp³-hybridized carbons (Fsp3) is 0.348. The molecule has 9 heteroatoms. The maximum atomic E-state index is 13.1. The lowest BCUT2D eigenvalue weighted by Crippen LogP contribution is -2.54. The number of pyridine rings is 1. The van der Waals surface area contributed by atoms with Crippen LogP contribution in [-0.2, 0) is 16.6 Å².